The van der Waals surface area contributed by atoms with Gasteiger partial charge in [-0.05, 0) is 32.9 Å². The molecule has 0 unspecified atom stereocenters. The zero-order valence-corrected chi connectivity index (χ0v) is 9.30. The molecule has 0 aliphatic rings. The Labute approximate surface area is 84.1 Å². The Kier molecular flexibility index (Phi) is 2.54. The van der Waals surface area contributed by atoms with Gasteiger partial charge in [0.05, 0.1) is 9.64 Å². The number of aromatic nitrogens is 1. The van der Waals surface area contributed by atoms with Crippen LogP contribution in [0.15, 0.2) is 23.2 Å². The average molecular weight is 214 g/mol. The number of pyridine rings is 1. The maximum absolute atomic E-state index is 11.9. The molecule has 5 heteroatoms. The molecule has 0 saturated carbocycles. The first-order valence-corrected chi connectivity index (χ1v) is 5.69. The van der Waals surface area contributed by atoms with Gasteiger partial charge in [0, 0.05) is 6.20 Å². The average Bonchev–Trinajstić information content (AvgIpc) is 2.03. The summed E-state index contributed by atoms with van der Waals surface area (Å²) >= 11 is 0. The number of sulfone groups is 1. The molecule has 14 heavy (non-hydrogen) atoms. The Morgan fingerprint density at radius 1 is 1.29 bits per heavy atom. The van der Waals surface area contributed by atoms with Gasteiger partial charge in [0.2, 0.25) is 0 Å². The van der Waals surface area contributed by atoms with Gasteiger partial charge in [-0.2, -0.15) is 0 Å². The number of hydrogen-bond donors (Lipinski definition) is 1. The van der Waals surface area contributed by atoms with Crippen molar-refractivity contribution in [1.82, 2.24) is 4.98 Å². The molecule has 0 bridgehead atoms. The molecule has 78 valence electrons. The third-order valence-electron chi connectivity index (χ3n) is 1.88. The van der Waals surface area contributed by atoms with Gasteiger partial charge < -0.3 is 5.73 Å². The van der Waals surface area contributed by atoms with Crippen LogP contribution in [0.5, 0.6) is 0 Å². The molecule has 1 rings (SSSR count). The summed E-state index contributed by atoms with van der Waals surface area (Å²) in [6, 6.07) is 2.96. The molecule has 0 amide bonds. The highest BCUT2D eigenvalue weighted by Gasteiger charge is 2.30. The number of nitrogens with zero attached hydrogens (tertiary/aromatic N) is 1. The Bertz CT molecular complexity index is 415. The Morgan fingerprint density at radius 2 is 1.86 bits per heavy atom. The largest absolute Gasteiger partial charge is 0.384 e. The van der Waals surface area contributed by atoms with Crippen LogP contribution in [0.1, 0.15) is 20.8 Å². The van der Waals surface area contributed by atoms with E-state index in [0.29, 0.717) is 5.82 Å². The van der Waals surface area contributed by atoms with Crippen LogP contribution >= 0.6 is 0 Å². The summed E-state index contributed by atoms with van der Waals surface area (Å²) in [6.45, 7) is 4.95. The van der Waals surface area contributed by atoms with Crippen LogP contribution in [-0.4, -0.2) is 18.1 Å². The lowest BCUT2D eigenvalue weighted by atomic mass is 10.3. The van der Waals surface area contributed by atoms with Gasteiger partial charge in [-0.3, -0.25) is 0 Å². The summed E-state index contributed by atoms with van der Waals surface area (Å²) in [4.78, 5) is 3.97. The van der Waals surface area contributed by atoms with Crippen molar-refractivity contribution in [2.75, 3.05) is 5.73 Å². The van der Waals surface area contributed by atoms with Crippen molar-refractivity contribution in [2.24, 2.45) is 0 Å². The topological polar surface area (TPSA) is 73.0 Å². The van der Waals surface area contributed by atoms with Gasteiger partial charge in [0.25, 0.3) is 0 Å². The second-order valence-corrected chi connectivity index (χ2v) is 6.74. The van der Waals surface area contributed by atoms with Crippen molar-refractivity contribution in [2.45, 2.75) is 30.4 Å². The number of hydrogen-bond acceptors (Lipinski definition) is 4. The van der Waals surface area contributed by atoms with Gasteiger partial charge >= 0.3 is 0 Å². The van der Waals surface area contributed by atoms with E-state index in [2.05, 4.69) is 4.98 Å². The molecular formula is C9H14N2O2S. The molecule has 0 aromatic carbocycles. The highest BCUT2D eigenvalue weighted by molar-refractivity contribution is 7.92. The minimum atomic E-state index is -3.31. The Balaban J connectivity index is 3.25. The molecule has 0 aliphatic heterocycles. The van der Waals surface area contributed by atoms with Crippen LogP contribution in [0.4, 0.5) is 5.82 Å². The highest BCUT2D eigenvalue weighted by atomic mass is 32.2. The van der Waals surface area contributed by atoms with Gasteiger partial charge in [-0.1, -0.05) is 0 Å². The molecule has 0 atom stereocenters. The van der Waals surface area contributed by atoms with Crippen molar-refractivity contribution >= 4 is 15.7 Å². The van der Waals surface area contributed by atoms with Crippen LogP contribution in [0, 0.1) is 0 Å². The van der Waals surface area contributed by atoms with Crippen LogP contribution in [0.2, 0.25) is 0 Å². The maximum atomic E-state index is 11.9. The van der Waals surface area contributed by atoms with Gasteiger partial charge in [-0.15, -0.1) is 0 Å². The SMILES string of the molecule is CC(C)(C)S(=O)(=O)c1ccc(N)nc1. The molecule has 0 aliphatic carbocycles. The Morgan fingerprint density at radius 3 is 2.21 bits per heavy atom. The molecule has 0 fully saturated rings. The van der Waals surface area contributed by atoms with Crippen LogP contribution in [0.25, 0.3) is 0 Å². The third-order valence-corrected chi connectivity index (χ3v) is 4.35. The van der Waals surface area contributed by atoms with Gasteiger partial charge in [0.15, 0.2) is 9.84 Å². The molecule has 1 heterocycles. The molecule has 0 spiro atoms. The smallest absolute Gasteiger partial charge is 0.184 e. The molecular weight excluding hydrogens is 200 g/mol. The van der Waals surface area contributed by atoms with Crippen molar-refractivity contribution in [3.63, 3.8) is 0 Å². The van der Waals surface area contributed by atoms with E-state index in [0.717, 1.165) is 0 Å². The lowest BCUT2D eigenvalue weighted by Crippen LogP contribution is -2.28. The molecule has 2 N–H and O–H groups in total. The molecule has 4 nitrogen and oxygen atoms in total. The lowest BCUT2D eigenvalue weighted by Gasteiger charge is -2.18. The van der Waals surface area contributed by atoms with E-state index in [9.17, 15) is 8.42 Å². The Hall–Kier alpha value is -1.10. The summed E-state index contributed by atoms with van der Waals surface area (Å²) in [5, 5.41) is 0. The maximum Gasteiger partial charge on any atom is 0.184 e. The highest BCUT2D eigenvalue weighted by Crippen LogP contribution is 2.24. The molecule has 0 radical (unpaired) electrons. The fourth-order valence-electron chi connectivity index (χ4n) is 0.904. The van der Waals surface area contributed by atoms with Crippen molar-refractivity contribution in [3.8, 4) is 0 Å². The summed E-state index contributed by atoms with van der Waals surface area (Å²) < 4.78 is 23.0. The number of nitrogens with two attached hydrogens (primary N) is 1. The number of anilines is 1. The van der Waals surface area contributed by atoms with Crippen molar-refractivity contribution in [3.05, 3.63) is 18.3 Å². The number of rotatable bonds is 1. The zero-order valence-electron chi connectivity index (χ0n) is 8.48. The summed E-state index contributed by atoms with van der Waals surface area (Å²) in [5.41, 5.74) is 5.37. The van der Waals surface area contributed by atoms with Crippen molar-refractivity contribution in [1.29, 1.82) is 0 Å². The second-order valence-electron chi connectivity index (χ2n) is 4.03. The monoisotopic (exact) mass is 214 g/mol. The lowest BCUT2D eigenvalue weighted by molar-refractivity contribution is 0.560. The van der Waals surface area contributed by atoms with E-state index in [1.165, 1.54) is 18.3 Å². The summed E-state index contributed by atoms with van der Waals surface area (Å²) in [5.74, 6) is 0.317. The fourth-order valence-corrected chi connectivity index (χ4v) is 2.05. The first kappa shape index (κ1) is 11.0. The summed E-state index contributed by atoms with van der Waals surface area (Å²) in [7, 11) is -3.31. The molecule has 1 aromatic rings. The predicted octanol–water partition coefficient (Wildman–Crippen LogP) is 1.24. The van der Waals surface area contributed by atoms with Crippen molar-refractivity contribution < 1.29 is 8.42 Å². The zero-order chi connectivity index (χ0) is 11.0. The number of nitrogen functional groups attached to an aromatic ring is 1. The first-order valence-electron chi connectivity index (χ1n) is 4.21. The van der Waals surface area contributed by atoms with E-state index >= 15 is 0 Å². The quantitative estimate of drug-likeness (QED) is 0.763. The first-order chi connectivity index (χ1) is 6.25. The van der Waals surface area contributed by atoms with Gasteiger partial charge in [0.1, 0.15) is 5.82 Å². The van der Waals surface area contributed by atoms with Crippen LogP contribution < -0.4 is 5.73 Å². The molecule has 0 saturated heterocycles. The second kappa shape index (κ2) is 3.24. The standard InChI is InChI=1S/C9H14N2O2S/c1-9(2,3)14(12,13)7-4-5-8(10)11-6-7/h4-6H,1-3H3,(H2,10,11). The van der Waals surface area contributed by atoms with Crippen LogP contribution in [-0.2, 0) is 9.84 Å². The minimum Gasteiger partial charge on any atom is -0.384 e. The third kappa shape index (κ3) is 1.87. The van der Waals surface area contributed by atoms with E-state index in [4.69, 9.17) is 5.73 Å². The predicted molar refractivity (Wildman–Crippen MR) is 55.6 cm³/mol. The minimum absolute atomic E-state index is 0.208. The normalized spacial score (nSPS) is 12.8. The molecule has 1 aromatic heterocycles. The van der Waals surface area contributed by atoms with E-state index < -0.39 is 14.6 Å². The van der Waals surface area contributed by atoms with Crippen LogP contribution in [0.3, 0.4) is 0 Å². The van der Waals surface area contributed by atoms with E-state index in [1.54, 1.807) is 20.8 Å². The fraction of sp³-hybridized carbons (Fsp3) is 0.444. The van der Waals surface area contributed by atoms with E-state index in [1.807, 2.05) is 0 Å². The van der Waals surface area contributed by atoms with Gasteiger partial charge in [-0.25, -0.2) is 13.4 Å². The van der Waals surface area contributed by atoms with E-state index in [-0.39, 0.29) is 4.90 Å². The summed E-state index contributed by atoms with van der Waals surface area (Å²) in [6.07, 6.45) is 1.29.